The Bertz CT molecular complexity index is 552. The van der Waals surface area contributed by atoms with Crippen LogP contribution in [0.25, 0.3) is 0 Å². The van der Waals surface area contributed by atoms with Gasteiger partial charge in [-0.15, -0.1) is 0 Å². The lowest BCUT2D eigenvalue weighted by Gasteiger charge is -2.36. The van der Waals surface area contributed by atoms with Crippen molar-refractivity contribution in [1.29, 1.82) is 0 Å². The number of rotatable bonds is 7. The molecule has 1 amide bonds. The molecule has 1 aliphatic carbocycles. The summed E-state index contributed by atoms with van der Waals surface area (Å²) in [5.41, 5.74) is 0.764. The zero-order valence-corrected chi connectivity index (χ0v) is 15.4. The van der Waals surface area contributed by atoms with E-state index in [0.717, 1.165) is 49.9 Å². The number of aryl methyl sites for hydroxylation is 1. The molecule has 0 aliphatic heterocycles. The summed E-state index contributed by atoms with van der Waals surface area (Å²) >= 11 is 0. The van der Waals surface area contributed by atoms with E-state index in [1.54, 1.807) is 13.2 Å². The molecule has 0 radical (unpaired) electrons. The number of carbonyl (C=O) groups excluding carboxylic acids is 1. The summed E-state index contributed by atoms with van der Waals surface area (Å²) in [7, 11) is 1.63. The van der Waals surface area contributed by atoms with Crippen LogP contribution in [0.5, 0.6) is 5.88 Å². The van der Waals surface area contributed by atoms with Crippen LogP contribution in [-0.4, -0.2) is 30.2 Å². The van der Waals surface area contributed by atoms with Crippen molar-refractivity contribution in [1.82, 2.24) is 4.98 Å². The first-order chi connectivity index (χ1) is 11.5. The molecule has 1 aliphatic rings. The molecule has 2 rings (SSSR count). The fourth-order valence-corrected chi connectivity index (χ4v) is 3.06. The predicted molar refractivity (Wildman–Crippen MR) is 95.4 cm³/mol. The molecule has 0 spiro atoms. The molecule has 0 saturated heterocycles. The number of methoxy groups -OCH3 is 1. The molecule has 1 fully saturated rings. The number of nitrogens with zero attached hydrogens (tertiary/aromatic N) is 1. The van der Waals surface area contributed by atoms with Gasteiger partial charge in [0.1, 0.15) is 5.60 Å². The van der Waals surface area contributed by atoms with E-state index < -0.39 is 5.60 Å². The Morgan fingerprint density at radius 3 is 2.67 bits per heavy atom. The van der Waals surface area contributed by atoms with E-state index >= 15 is 0 Å². The summed E-state index contributed by atoms with van der Waals surface area (Å²) < 4.78 is 11.2. The van der Waals surface area contributed by atoms with Gasteiger partial charge in [-0.05, 0) is 51.0 Å². The number of unbranched alkanes of at least 4 members (excludes halogenated alkanes) is 1. The van der Waals surface area contributed by atoms with Gasteiger partial charge in [-0.3, -0.25) is 4.79 Å². The van der Waals surface area contributed by atoms with Crippen LogP contribution in [0.1, 0.15) is 58.1 Å². The van der Waals surface area contributed by atoms with E-state index in [0.29, 0.717) is 18.4 Å². The smallest absolute Gasteiger partial charge is 0.256 e. The Hall–Kier alpha value is -1.62. The highest BCUT2D eigenvalue weighted by atomic mass is 16.5. The first-order valence-corrected chi connectivity index (χ1v) is 8.98. The highest BCUT2D eigenvalue weighted by molar-refractivity contribution is 5.97. The largest absolute Gasteiger partial charge is 0.478 e. The van der Waals surface area contributed by atoms with Gasteiger partial charge in [0.2, 0.25) is 5.88 Å². The first kappa shape index (κ1) is 18.7. The number of nitrogens with one attached hydrogen (secondary N) is 1. The maximum absolute atomic E-state index is 12.8. The van der Waals surface area contributed by atoms with Gasteiger partial charge in [0.25, 0.3) is 5.91 Å². The number of pyridine rings is 1. The molecule has 0 aromatic carbocycles. The lowest BCUT2D eigenvalue weighted by atomic mass is 9.79. The summed E-state index contributed by atoms with van der Waals surface area (Å²) in [5.74, 6) is 1.19. The molecule has 134 valence electrons. The maximum atomic E-state index is 12.8. The molecule has 1 saturated carbocycles. The van der Waals surface area contributed by atoms with Gasteiger partial charge in [0, 0.05) is 13.2 Å². The lowest BCUT2D eigenvalue weighted by Crippen LogP contribution is -2.47. The van der Waals surface area contributed by atoms with Gasteiger partial charge < -0.3 is 14.8 Å². The Labute approximate surface area is 145 Å². The molecule has 1 aromatic heterocycles. The number of anilines is 1. The quantitative estimate of drug-likeness (QED) is 0.763. The minimum Gasteiger partial charge on any atom is -0.478 e. The Morgan fingerprint density at radius 1 is 1.38 bits per heavy atom. The fourth-order valence-electron chi connectivity index (χ4n) is 3.06. The minimum atomic E-state index is -0.713. The molecule has 24 heavy (non-hydrogen) atoms. The third-order valence-electron chi connectivity index (χ3n) is 4.94. The van der Waals surface area contributed by atoms with Crippen LogP contribution in [0.15, 0.2) is 12.1 Å². The van der Waals surface area contributed by atoms with E-state index in [1.165, 1.54) is 0 Å². The number of aromatic nitrogens is 1. The van der Waals surface area contributed by atoms with Crippen molar-refractivity contribution in [2.45, 2.75) is 64.9 Å². The second-order valence-corrected chi connectivity index (χ2v) is 6.82. The Morgan fingerprint density at radius 2 is 2.08 bits per heavy atom. The van der Waals surface area contributed by atoms with E-state index in [9.17, 15) is 4.79 Å². The average Bonchev–Trinajstić information content (AvgIpc) is 2.58. The zero-order valence-electron chi connectivity index (χ0n) is 15.4. The van der Waals surface area contributed by atoms with Gasteiger partial charge >= 0.3 is 0 Å². The molecule has 5 nitrogen and oxygen atoms in total. The normalized spacial score (nSPS) is 23.8. The summed E-state index contributed by atoms with van der Waals surface area (Å²) in [6.45, 7) is 6.89. The highest BCUT2D eigenvalue weighted by Crippen LogP contribution is 2.35. The molecule has 5 heteroatoms. The van der Waals surface area contributed by atoms with Gasteiger partial charge in [-0.1, -0.05) is 20.3 Å². The summed E-state index contributed by atoms with van der Waals surface area (Å²) in [6.07, 6.45) is 5.66. The summed E-state index contributed by atoms with van der Waals surface area (Å²) in [4.78, 5) is 17.2. The van der Waals surface area contributed by atoms with E-state index in [-0.39, 0.29) is 5.91 Å². The third-order valence-corrected chi connectivity index (χ3v) is 4.94. The molecule has 0 bridgehead atoms. The van der Waals surface area contributed by atoms with Gasteiger partial charge in [-0.2, -0.15) is 0 Å². The number of hydrogen-bond donors (Lipinski definition) is 1. The SMILES string of the molecule is CCCCOc1ccc(NC(=O)C2(OC)CCC(C)CC2)c(C)n1. The van der Waals surface area contributed by atoms with E-state index in [4.69, 9.17) is 9.47 Å². The Kier molecular flexibility index (Phi) is 6.60. The average molecular weight is 334 g/mol. The summed E-state index contributed by atoms with van der Waals surface area (Å²) in [5, 5.41) is 3.00. The Balaban J connectivity index is 2.02. The molecule has 1 aromatic rings. The van der Waals surface area contributed by atoms with Crippen molar-refractivity contribution < 1.29 is 14.3 Å². The van der Waals surface area contributed by atoms with Crippen LogP contribution in [0.4, 0.5) is 5.69 Å². The first-order valence-electron chi connectivity index (χ1n) is 8.98. The number of hydrogen-bond acceptors (Lipinski definition) is 4. The maximum Gasteiger partial charge on any atom is 0.256 e. The van der Waals surface area contributed by atoms with Crippen LogP contribution in [-0.2, 0) is 9.53 Å². The van der Waals surface area contributed by atoms with Crippen LogP contribution in [0.2, 0.25) is 0 Å². The van der Waals surface area contributed by atoms with Crippen molar-refractivity contribution in [3.63, 3.8) is 0 Å². The lowest BCUT2D eigenvalue weighted by molar-refractivity contribution is -0.142. The topological polar surface area (TPSA) is 60.5 Å². The number of carbonyl (C=O) groups is 1. The van der Waals surface area contributed by atoms with E-state index in [2.05, 4.69) is 24.1 Å². The summed E-state index contributed by atoms with van der Waals surface area (Å²) in [6, 6.07) is 3.66. The predicted octanol–water partition coefficient (Wildman–Crippen LogP) is 4.10. The molecular formula is C19H30N2O3. The van der Waals surface area contributed by atoms with Gasteiger partial charge in [0.15, 0.2) is 0 Å². The van der Waals surface area contributed by atoms with Crippen LogP contribution in [0.3, 0.4) is 0 Å². The van der Waals surface area contributed by atoms with Crippen molar-refractivity contribution in [3.8, 4) is 5.88 Å². The molecule has 1 heterocycles. The van der Waals surface area contributed by atoms with Crippen LogP contribution in [0, 0.1) is 12.8 Å². The van der Waals surface area contributed by atoms with Crippen LogP contribution < -0.4 is 10.1 Å². The van der Waals surface area contributed by atoms with Crippen molar-refractivity contribution >= 4 is 11.6 Å². The molecule has 0 atom stereocenters. The molecular weight excluding hydrogens is 304 g/mol. The van der Waals surface area contributed by atoms with Gasteiger partial charge in [-0.25, -0.2) is 4.98 Å². The van der Waals surface area contributed by atoms with E-state index in [1.807, 2.05) is 13.0 Å². The standard InChI is InChI=1S/C19H30N2O3/c1-5-6-13-24-17-8-7-16(15(3)20-17)21-18(22)19(23-4)11-9-14(2)10-12-19/h7-8,14H,5-6,9-13H2,1-4H3,(H,21,22). The second kappa shape index (κ2) is 8.47. The third kappa shape index (κ3) is 4.47. The van der Waals surface area contributed by atoms with Crippen molar-refractivity contribution in [2.75, 3.05) is 19.0 Å². The van der Waals surface area contributed by atoms with Crippen molar-refractivity contribution in [2.24, 2.45) is 5.92 Å². The highest BCUT2D eigenvalue weighted by Gasteiger charge is 2.41. The van der Waals surface area contributed by atoms with Crippen LogP contribution >= 0.6 is 0 Å². The zero-order chi connectivity index (χ0) is 17.6. The number of amides is 1. The monoisotopic (exact) mass is 334 g/mol. The number of ether oxygens (including phenoxy) is 2. The van der Waals surface area contributed by atoms with Crippen molar-refractivity contribution in [3.05, 3.63) is 17.8 Å². The molecule has 1 N–H and O–H groups in total. The van der Waals surface area contributed by atoms with Gasteiger partial charge in [0.05, 0.1) is 18.0 Å². The second-order valence-electron chi connectivity index (χ2n) is 6.82. The fraction of sp³-hybridized carbons (Fsp3) is 0.684. The minimum absolute atomic E-state index is 0.0681. The molecule has 0 unspecified atom stereocenters.